The fourth-order valence-electron chi connectivity index (χ4n) is 5.63. The lowest BCUT2D eigenvalue weighted by Gasteiger charge is -2.03. The van der Waals surface area contributed by atoms with Crippen LogP contribution in [0.1, 0.15) is 0 Å². The molecule has 0 fully saturated rings. The largest absolute Gasteiger partial charge is 0.340 e. The summed E-state index contributed by atoms with van der Waals surface area (Å²) in [6, 6.07) is 33.1. The highest BCUT2D eigenvalue weighted by atomic mass is 15.0. The first kappa shape index (κ1) is 14.9. The van der Waals surface area contributed by atoms with Crippen LogP contribution in [0.4, 0.5) is 0 Å². The van der Waals surface area contributed by atoms with Gasteiger partial charge in [-0.25, -0.2) is 0 Å². The lowest BCUT2D eigenvalue weighted by atomic mass is 9.99. The minimum absolute atomic E-state index is 1.19. The van der Waals surface area contributed by atoms with Crippen LogP contribution in [0.5, 0.6) is 0 Å². The molecule has 0 bridgehead atoms. The van der Waals surface area contributed by atoms with Gasteiger partial charge in [0.05, 0.1) is 16.6 Å². The van der Waals surface area contributed by atoms with Crippen LogP contribution in [0.15, 0.2) is 91.0 Å². The molecule has 0 amide bonds. The molecule has 0 spiro atoms. The Morgan fingerprint density at radius 3 is 2.17 bits per heavy atom. The van der Waals surface area contributed by atoms with Crippen LogP contribution < -0.4 is 0 Å². The summed E-state index contributed by atoms with van der Waals surface area (Å²) < 4.78 is 2.44. The summed E-state index contributed by atoms with van der Waals surface area (Å²) in [5.74, 6) is 0. The molecule has 1 N–H and O–H groups in total. The van der Waals surface area contributed by atoms with Gasteiger partial charge in [-0.05, 0) is 28.3 Å². The zero-order valence-electron chi connectivity index (χ0n) is 16.1. The maximum absolute atomic E-state index is 3.82. The quantitative estimate of drug-likeness (QED) is 0.279. The molecular weight excluding hydrogens is 364 g/mol. The van der Waals surface area contributed by atoms with E-state index in [2.05, 4.69) is 100 Å². The Labute approximate surface area is 171 Å². The van der Waals surface area contributed by atoms with Crippen molar-refractivity contribution in [1.29, 1.82) is 0 Å². The molecule has 3 aromatic heterocycles. The zero-order chi connectivity index (χ0) is 19.4. The van der Waals surface area contributed by atoms with E-state index in [1.807, 2.05) is 0 Å². The van der Waals surface area contributed by atoms with E-state index >= 15 is 0 Å². The Balaban J connectivity index is 1.77. The first-order valence-electron chi connectivity index (χ1n) is 10.4. The third-order valence-corrected chi connectivity index (χ3v) is 6.83. The molecule has 8 rings (SSSR count). The molecule has 138 valence electrons. The Bertz CT molecular complexity index is 1950. The van der Waals surface area contributed by atoms with Gasteiger partial charge in [-0.2, -0.15) is 0 Å². The molecule has 2 heteroatoms. The first-order valence-corrected chi connectivity index (χ1v) is 10.4. The van der Waals surface area contributed by atoms with Crippen molar-refractivity contribution < 1.29 is 0 Å². The number of hydrogen-bond acceptors (Lipinski definition) is 0. The summed E-state index contributed by atoms with van der Waals surface area (Å²) in [4.78, 5) is 3.82. The van der Waals surface area contributed by atoms with Crippen molar-refractivity contribution in [2.24, 2.45) is 0 Å². The van der Waals surface area contributed by atoms with Gasteiger partial charge in [-0.1, -0.05) is 78.9 Å². The van der Waals surface area contributed by atoms with E-state index in [0.717, 1.165) is 0 Å². The van der Waals surface area contributed by atoms with E-state index in [1.165, 1.54) is 70.7 Å². The fourth-order valence-corrected chi connectivity index (χ4v) is 5.63. The van der Waals surface area contributed by atoms with Crippen molar-refractivity contribution in [3.8, 4) is 0 Å². The number of hydrogen-bond donors (Lipinski definition) is 1. The maximum Gasteiger partial charge on any atom is 0.124 e. The minimum atomic E-state index is 1.19. The van der Waals surface area contributed by atoms with Gasteiger partial charge in [0.2, 0.25) is 0 Å². The van der Waals surface area contributed by atoms with Gasteiger partial charge in [0.1, 0.15) is 5.65 Å². The molecule has 0 aliphatic rings. The number of benzene rings is 5. The SMILES string of the molecule is c1ccc2c(c1)ccc1c2[nH]c2c1c1cc3ccccc3c3c4ccccc4n2c13. The number of aromatic nitrogens is 2. The van der Waals surface area contributed by atoms with Gasteiger partial charge in [0.15, 0.2) is 0 Å². The molecule has 0 atom stereocenters. The van der Waals surface area contributed by atoms with E-state index in [-0.39, 0.29) is 0 Å². The molecular formula is C28H16N2. The van der Waals surface area contributed by atoms with Crippen LogP contribution in [0.25, 0.3) is 70.7 Å². The van der Waals surface area contributed by atoms with Crippen LogP contribution in [0.2, 0.25) is 0 Å². The monoisotopic (exact) mass is 380 g/mol. The Kier molecular flexibility index (Phi) is 2.44. The van der Waals surface area contributed by atoms with Gasteiger partial charge >= 0.3 is 0 Å². The second kappa shape index (κ2) is 4.92. The molecule has 0 aliphatic carbocycles. The molecule has 0 radical (unpaired) electrons. The number of aromatic amines is 1. The van der Waals surface area contributed by atoms with Crippen LogP contribution in [0, 0.1) is 0 Å². The lowest BCUT2D eigenvalue weighted by Crippen LogP contribution is -1.81. The predicted octanol–water partition coefficient (Wildman–Crippen LogP) is 7.62. The normalized spacial score (nSPS) is 12.7. The molecule has 3 heterocycles. The highest BCUT2D eigenvalue weighted by Gasteiger charge is 2.22. The predicted molar refractivity (Wildman–Crippen MR) is 128 cm³/mol. The first-order chi connectivity index (χ1) is 14.9. The van der Waals surface area contributed by atoms with Crippen molar-refractivity contribution in [3.63, 3.8) is 0 Å². The van der Waals surface area contributed by atoms with Crippen LogP contribution >= 0.6 is 0 Å². The average molecular weight is 380 g/mol. The second-order valence-corrected chi connectivity index (χ2v) is 8.28. The third-order valence-electron chi connectivity index (χ3n) is 6.83. The number of nitrogens with zero attached hydrogens (tertiary/aromatic N) is 1. The number of H-pyrrole nitrogens is 1. The summed E-state index contributed by atoms with van der Waals surface area (Å²) in [7, 11) is 0. The average Bonchev–Trinajstić information content (AvgIpc) is 3.44. The van der Waals surface area contributed by atoms with Gasteiger partial charge < -0.3 is 4.98 Å². The van der Waals surface area contributed by atoms with Gasteiger partial charge in [0, 0.05) is 32.3 Å². The topological polar surface area (TPSA) is 20.2 Å². The Morgan fingerprint density at radius 2 is 1.27 bits per heavy atom. The minimum Gasteiger partial charge on any atom is -0.340 e. The lowest BCUT2D eigenvalue weighted by molar-refractivity contribution is 1.31. The van der Waals surface area contributed by atoms with Crippen molar-refractivity contribution in [2.75, 3.05) is 0 Å². The molecule has 0 aliphatic heterocycles. The van der Waals surface area contributed by atoms with E-state index < -0.39 is 0 Å². The number of fused-ring (bicyclic) bond motifs is 12. The molecule has 2 nitrogen and oxygen atoms in total. The van der Waals surface area contributed by atoms with E-state index in [9.17, 15) is 0 Å². The van der Waals surface area contributed by atoms with E-state index in [0.29, 0.717) is 0 Å². The Hall–Kier alpha value is -4.04. The van der Waals surface area contributed by atoms with Crippen molar-refractivity contribution in [2.45, 2.75) is 0 Å². The van der Waals surface area contributed by atoms with Crippen LogP contribution in [-0.2, 0) is 0 Å². The number of nitrogens with one attached hydrogen (secondary N) is 1. The van der Waals surface area contributed by atoms with Crippen molar-refractivity contribution in [3.05, 3.63) is 91.0 Å². The summed E-state index contributed by atoms with van der Waals surface area (Å²) in [5.41, 5.74) is 5.01. The molecule has 0 unspecified atom stereocenters. The van der Waals surface area contributed by atoms with Gasteiger partial charge in [-0.3, -0.25) is 4.40 Å². The van der Waals surface area contributed by atoms with Gasteiger partial charge in [-0.15, -0.1) is 0 Å². The standard InChI is InChI=1S/C28H16N2/c1-4-10-19-16(7-1)13-14-21-25-22-15-17-8-2-3-9-18(17)24-20-11-5-6-12-23(20)30(27(22)24)28(25)29-26(19)21/h1-15,29H. The summed E-state index contributed by atoms with van der Waals surface area (Å²) in [5, 5.41) is 11.8. The Morgan fingerprint density at radius 1 is 0.533 bits per heavy atom. The van der Waals surface area contributed by atoms with E-state index in [1.54, 1.807) is 0 Å². The zero-order valence-corrected chi connectivity index (χ0v) is 16.1. The molecule has 8 aromatic rings. The van der Waals surface area contributed by atoms with Crippen molar-refractivity contribution >= 4 is 70.7 Å². The van der Waals surface area contributed by atoms with Crippen molar-refractivity contribution in [1.82, 2.24) is 9.38 Å². The molecule has 5 aromatic carbocycles. The molecule has 30 heavy (non-hydrogen) atoms. The summed E-state index contributed by atoms with van der Waals surface area (Å²) in [6.45, 7) is 0. The van der Waals surface area contributed by atoms with E-state index in [4.69, 9.17) is 0 Å². The second-order valence-electron chi connectivity index (χ2n) is 8.28. The number of para-hydroxylation sites is 1. The van der Waals surface area contributed by atoms with Crippen LogP contribution in [-0.4, -0.2) is 9.38 Å². The highest BCUT2D eigenvalue weighted by Crippen LogP contribution is 2.45. The number of rotatable bonds is 0. The summed E-state index contributed by atoms with van der Waals surface area (Å²) >= 11 is 0. The van der Waals surface area contributed by atoms with Gasteiger partial charge in [0.25, 0.3) is 0 Å². The molecule has 0 saturated heterocycles. The third kappa shape index (κ3) is 1.56. The highest BCUT2D eigenvalue weighted by molar-refractivity contribution is 6.35. The molecule has 0 saturated carbocycles. The van der Waals surface area contributed by atoms with Crippen LogP contribution in [0.3, 0.4) is 0 Å². The smallest absolute Gasteiger partial charge is 0.124 e. The maximum atomic E-state index is 3.82. The summed E-state index contributed by atoms with van der Waals surface area (Å²) in [6.07, 6.45) is 0. The fraction of sp³-hybridized carbons (Fsp3) is 0.